The fourth-order valence-corrected chi connectivity index (χ4v) is 3.07. The fourth-order valence-electron chi connectivity index (χ4n) is 2.67. The van der Waals surface area contributed by atoms with Crippen LogP contribution in [0.1, 0.15) is 28.7 Å². The Bertz CT molecular complexity index is 910. The third-order valence-corrected chi connectivity index (χ3v) is 4.92. The van der Waals surface area contributed by atoms with Crippen molar-refractivity contribution in [1.82, 2.24) is 20.1 Å². The van der Waals surface area contributed by atoms with E-state index < -0.39 is 0 Å². The minimum absolute atomic E-state index is 0.166. The molecule has 3 rings (SSSR count). The van der Waals surface area contributed by atoms with E-state index in [1.165, 1.54) is 0 Å². The molecule has 1 N–H and O–H groups in total. The molecule has 0 saturated heterocycles. The van der Waals surface area contributed by atoms with Crippen molar-refractivity contribution in [3.05, 3.63) is 76.3 Å². The van der Waals surface area contributed by atoms with E-state index in [1.807, 2.05) is 47.9 Å². The van der Waals surface area contributed by atoms with Crippen LogP contribution in [0, 0.1) is 0 Å². The van der Waals surface area contributed by atoms with Crippen molar-refractivity contribution in [1.29, 1.82) is 0 Å². The van der Waals surface area contributed by atoms with Gasteiger partial charge in [0, 0.05) is 29.5 Å². The molecule has 0 fully saturated rings. The summed E-state index contributed by atoms with van der Waals surface area (Å²) in [7, 11) is 0. The quantitative estimate of drug-likeness (QED) is 0.594. The van der Waals surface area contributed by atoms with Crippen LogP contribution in [0.5, 0.6) is 5.75 Å². The van der Waals surface area contributed by atoms with E-state index >= 15 is 0 Å². The number of rotatable bonds is 8. The molecular formula is C20H21BrN4O2. The second-order valence-electron chi connectivity index (χ2n) is 5.92. The summed E-state index contributed by atoms with van der Waals surface area (Å²) in [6, 6.07) is 15.1. The number of aromatic nitrogens is 3. The molecule has 0 aliphatic rings. The number of carbonyl (C=O) groups is 1. The molecule has 0 radical (unpaired) electrons. The number of hydrogen-bond acceptors (Lipinski definition) is 4. The number of nitrogens with zero attached hydrogens (tertiary/aromatic N) is 3. The van der Waals surface area contributed by atoms with Crippen molar-refractivity contribution < 1.29 is 9.53 Å². The first-order valence-electron chi connectivity index (χ1n) is 8.79. The molecule has 0 aliphatic carbocycles. The third-order valence-electron chi connectivity index (χ3n) is 4.14. The first-order valence-corrected chi connectivity index (χ1v) is 9.58. The Morgan fingerprint density at radius 1 is 1.19 bits per heavy atom. The highest BCUT2D eigenvalue weighted by molar-refractivity contribution is 9.10. The van der Waals surface area contributed by atoms with E-state index in [1.54, 1.807) is 18.5 Å². The number of benzene rings is 2. The second-order valence-corrected chi connectivity index (χ2v) is 6.77. The SMILES string of the molecule is CCn1cnnc1CCNC(=O)c1ccccc1OCc1ccccc1Br. The lowest BCUT2D eigenvalue weighted by Gasteiger charge is -2.12. The zero-order valence-corrected chi connectivity index (χ0v) is 16.6. The molecule has 1 heterocycles. The second kappa shape index (κ2) is 9.32. The van der Waals surface area contributed by atoms with Gasteiger partial charge in [0.2, 0.25) is 0 Å². The minimum atomic E-state index is -0.166. The summed E-state index contributed by atoms with van der Waals surface area (Å²) in [4.78, 5) is 12.6. The summed E-state index contributed by atoms with van der Waals surface area (Å²) in [6.07, 6.45) is 2.32. The largest absolute Gasteiger partial charge is 0.488 e. The van der Waals surface area contributed by atoms with Crippen molar-refractivity contribution >= 4 is 21.8 Å². The van der Waals surface area contributed by atoms with Crippen molar-refractivity contribution in [3.8, 4) is 5.75 Å². The maximum atomic E-state index is 12.6. The lowest BCUT2D eigenvalue weighted by atomic mass is 10.2. The average molecular weight is 429 g/mol. The van der Waals surface area contributed by atoms with Gasteiger partial charge >= 0.3 is 0 Å². The Labute approximate surface area is 166 Å². The van der Waals surface area contributed by atoms with E-state index in [4.69, 9.17) is 4.74 Å². The summed E-state index contributed by atoms with van der Waals surface area (Å²) in [5.74, 6) is 1.25. The molecular weight excluding hydrogens is 408 g/mol. The van der Waals surface area contributed by atoms with Crippen molar-refractivity contribution in [3.63, 3.8) is 0 Å². The molecule has 1 amide bonds. The number of para-hydroxylation sites is 1. The molecule has 7 heteroatoms. The maximum absolute atomic E-state index is 12.6. The molecule has 6 nitrogen and oxygen atoms in total. The summed E-state index contributed by atoms with van der Waals surface area (Å²) >= 11 is 3.51. The van der Waals surface area contributed by atoms with Crippen LogP contribution >= 0.6 is 15.9 Å². The lowest BCUT2D eigenvalue weighted by Crippen LogP contribution is -2.27. The van der Waals surface area contributed by atoms with Crippen molar-refractivity contribution in [2.24, 2.45) is 0 Å². The Balaban J connectivity index is 1.61. The number of halogens is 1. The zero-order valence-electron chi connectivity index (χ0n) is 15.1. The van der Waals surface area contributed by atoms with Crippen LogP contribution in [0.4, 0.5) is 0 Å². The van der Waals surface area contributed by atoms with Gasteiger partial charge in [-0.25, -0.2) is 0 Å². The minimum Gasteiger partial charge on any atom is -0.488 e. The van der Waals surface area contributed by atoms with Gasteiger partial charge in [-0.15, -0.1) is 10.2 Å². The summed E-state index contributed by atoms with van der Waals surface area (Å²) in [6.45, 7) is 3.70. The summed E-state index contributed by atoms with van der Waals surface area (Å²) in [5, 5.41) is 10.9. The normalized spacial score (nSPS) is 10.6. The van der Waals surface area contributed by atoms with E-state index in [9.17, 15) is 4.79 Å². The monoisotopic (exact) mass is 428 g/mol. The predicted molar refractivity (Wildman–Crippen MR) is 107 cm³/mol. The number of carbonyl (C=O) groups excluding carboxylic acids is 1. The fraction of sp³-hybridized carbons (Fsp3) is 0.250. The van der Waals surface area contributed by atoms with Gasteiger partial charge in [-0.05, 0) is 25.1 Å². The number of hydrogen-bond donors (Lipinski definition) is 1. The molecule has 0 spiro atoms. The van der Waals surface area contributed by atoms with Crippen molar-refractivity contribution in [2.75, 3.05) is 6.54 Å². The number of ether oxygens (including phenoxy) is 1. The Hall–Kier alpha value is -2.67. The zero-order chi connectivity index (χ0) is 19.1. The van der Waals surface area contributed by atoms with Crippen LogP contribution in [0.3, 0.4) is 0 Å². The van der Waals surface area contributed by atoms with Gasteiger partial charge in [0.25, 0.3) is 5.91 Å². The van der Waals surface area contributed by atoms with Crippen LogP contribution in [0.2, 0.25) is 0 Å². The first-order chi connectivity index (χ1) is 13.2. The molecule has 0 unspecified atom stereocenters. The van der Waals surface area contributed by atoms with Gasteiger partial charge in [0.15, 0.2) is 0 Å². The van der Waals surface area contributed by atoms with Gasteiger partial charge in [-0.3, -0.25) is 4.79 Å². The standard InChI is InChI=1S/C20H21BrN4O2/c1-2-25-14-23-24-19(25)11-12-22-20(26)16-8-4-6-10-18(16)27-13-15-7-3-5-9-17(15)21/h3-10,14H,2,11-13H2,1H3,(H,22,26). The third kappa shape index (κ3) is 4.95. The van der Waals surface area contributed by atoms with Crippen LogP contribution in [-0.2, 0) is 19.6 Å². The molecule has 0 saturated carbocycles. The van der Waals surface area contributed by atoms with E-state index in [-0.39, 0.29) is 5.91 Å². The summed E-state index contributed by atoms with van der Waals surface area (Å²) in [5.41, 5.74) is 1.54. The molecule has 140 valence electrons. The summed E-state index contributed by atoms with van der Waals surface area (Å²) < 4.78 is 8.83. The van der Waals surface area contributed by atoms with E-state index in [0.717, 1.165) is 22.4 Å². The smallest absolute Gasteiger partial charge is 0.255 e. The number of amides is 1. The van der Waals surface area contributed by atoms with Crippen LogP contribution in [0.15, 0.2) is 59.3 Å². The van der Waals surface area contributed by atoms with Crippen molar-refractivity contribution in [2.45, 2.75) is 26.5 Å². The predicted octanol–water partition coefficient (Wildman–Crippen LogP) is 3.61. The van der Waals surface area contributed by atoms with E-state index in [0.29, 0.717) is 30.9 Å². The van der Waals surface area contributed by atoms with Gasteiger partial charge in [-0.1, -0.05) is 46.3 Å². The van der Waals surface area contributed by atoms with Gasteiger partial charge < -0.3 is 14.6 Å². The molecule has 1 aromatic heterocycles. The molecule has 0 aliphatic heterocycles. The maximum Gasteiger partial charge on any atom is 0.255 e. The molecule has 3 aromatic rings. The molecule has 0 bridgehead atoms. The van der Waals surface area contributed by atoms with Crippen LogP contribution in [-0.4, -0.2) is 27.2 Å². The molecule has 27 heavy (non-hydrogen) atoms. The van der Waals surface area contributed by atoms with Gasteiger partial charge in [-0.2, -0.15) is 0 Å². The van der Waals surface area contributed by atoms with Crippen LogP contribution in [0.25, 0.3) is 0 Å². The van der Waals surface area contributed by atoms with Gasteiger partial charge in [0.05, 0.1) is 5.56 Å². The van der Waals surface area contributed by atoms with Gasteiger partial charge in [0.1, 0.15) is 24.5 Å². The van der Waals surface area contributed by atoms with E-state index in [2.05, 4.69) is 31.4 Å². The Morgan fingerprint density at radius 3 is 2.78 bits per heavy atom. The highest BCUT2D eigenvalue weighted by Gasteiger charge is 2.13. The molecule has 0 atom stereocenters. The molecule has 2 aromatic carbocycles. The number of nitrogens with one attached hydrogen (secondary N) is 1. The first kappa shape index (κ1) is 19.1. The van der Waals surface area contributed by atoms with Crippen LogP contribution < -0.4 is 10.1 Å². The average Bonchev–Trinajstić information content (AvgIpc) is 3.15. The Kier molecular flexibility index (Phi) is 6.59. The highest BCUT2D eigenvalue weighted by atomic mass is 79.9. The lowest BCUT2D eigenvalue weighted by molar-refractivity contribution is 0.0949. The highest BCUT2D eigenvalue weighted by Crippen LogP contribution is 2.22. The topological polar surface area (TPSA) is 69.0 Å². The Morgan fingerprint density at radius 2 is 1.96 bits per heavy atom. The number of aryl methyl sites for hydroxylation is 1.